The Hall–Kier alpha value is -3.85. The molecule has 2 heterocycles. The van der Waals surface area contributed by atoms with Crippen LogP contribution in [-0.4, -0.2) is 0 Å². The van der Waals surface area contributed by atoms with Crippen molar-refractivity contribution in [3.63, 3.8) is 0 Å². The smallest absolute Gasteiger partial charge is 0.368 e. The highest BCUT2D eigenvalue weighted by Gasteiger charge is 2.21. The Kier molecular flexibility index (Phi) is 5.49. The minimum absolute atomic E-state index is 0.406. The molecule has 0 saturated carbocycles. The van der Waals surface area contributed by atoms with Crippen molar-refractivity contribution in [2.75, 3.05) is 0 Å². The number of rotatable bonds is 1. The van der Waals surface area contributed by atoms with Crippen LogP contribution in [0.5, 0.6) is 0 Å². The van der Waals surface area contributed by atoms with Crippen LogP contribution in [-0.2, 0) is 0 Å². The van der Waals surface area contributed by atoms with Gasteiger partial charge >= 0.3 is 17.0 Å². The Morgan fingerprint density at radius 1 is 0.647 bits per heavy atom. The summed E-state index contributed by atoms with van der Waals surface area (Å²) >= 11 is 0. The molecule has 0 spiro atoms. The zero-order valence-electron chi connectivity index (χ0n) is 17.4. The van der Waals surface area contributed by atoms with Crippen molar-refractivity contribution in [1.82, 2.24) is 0 Å². The van der Waals surface area contributed by atoms with Crippen molar-refractivity contribution < 1.29 is 37.7 Å². The molecule has 0 amide bonds. The molecular formula is C26H15ClO7. The Balaban J connectivity index is 0.000000439. The van der Waals surface area contributed by atoms with E-state index in [0.29, 0.717) is 16.9 Å². The van der Waals surface area contributed by atoms with Crippen LogP contribution in [0, 0.1) is 10.2 Å². The summed E-state index contributed by atoms with van der Waals surface area (Å²) < 4.78 is 45.7. The summed E-state index contributed by atoms with van der Waals surface area (Å²) in [6, 6.07) is 29.7. The van der Waals surface area contributed by atoms with Gasteiger partial charge in [-0.25, -0.2) is 27.8 Å². The van der Waals surface area contributed by atoms with Gasteiger partial charge in [-0.3, -0.25) is 0 Å². The summed E-state index contributed by atoms with van der Waals surface area (Å²) in [7, 11) is -4.94. The molecule has 0 aliphatic carbocycles. The molecule has 0 aliphatic rings. The Morgan fingerprint density at radius 3 is 1.91 bits per heavy atom. The van der Waals surface area contributed by atoms with E-state index < -0.39 is 15.9 Å². The number of fused-ring (bicyclic) bond motifs is 6. The van der Waals surface area contributed by atoms with Crippen LogP contribution >= 0.6 is 0 Å². The van der Waals surface area contributed by atoms with Gasteiger partial charge in [0, 0.05) is 17.5 Å². The first kappa shape index (κ1) is 22.0. The van der Waals surface area contributed by atoms with E-state index in [2.05, 4.69) is 12.1 Å². The van der Waals surface area contributed by atoms with Gasteiger partial charge in [-0.1, -0.05) is 54.6 Å². The maximum Gasteiger partial charge on any atom is 0.368 e. The van der Waals surface area contributed by atoms with Gasteiger partial charge in [-0.2, -0.15) is 0 Å². The fraction of sp³-hybridized carbons (Fsp3) is 0. The molecule has 8 heteroatoms. The third-order valence-corrected chi connectivity index (χ3v) is 5.46. The predicted octanol–water partition coefficient (Wildman–Crippen LogP) is 2.04. The Morgan fingerprint density at radius 2 is 1.24 bits per heavy atom. The quantitative estimate of drug-likeness (QED) is 0.202. The fourth-order valence-corrected chi connectivity index (χ4v) is 4.04. The summed E-state index contributed by atoms with van der Waals surface area (Å²) in [4.78, 5) is 12.7. The predicted molar refractivity (Wildman–Crippen MR) is 117 cm³/mol. The second kappa shape index (κ2) is 8.49. The average molecular weight is 475 g/mol. The molecule has 0 unspecified atom stereocenters. The van der Waals surface area contributed by atoms with Crippen molar-refractivity contribution >= 4 is 43.5 Å². The molecule has 6 rings (SSSR count). The third kappa shape index (κ3) is 4.34. The normalized spacial score (nSPS) is 11.6. The molecule has 0 N–H and O–H groups in total. The summed E-state index contributed by atoms with van der Waals surface area (Å²) in [6.07, 6.45) is 0. The first-order valence-corrected chi connectivity index (χ1v) is 11.3. The number of benzene rings is 4. The lowest BCUT2D eigenvalue weighted by atomic mass is 10.0. The zero-order valence-corrected chi connectivity index (χ0v) is 18.2. The maximum atomic E-state index is 12.7. The molecule has 0 radical (unpaired) electrons. The molecule has 7 nitrogen and oxygen atoms in total. The van der Waals surface area contributed by atoms with Gasteiger partial charge in [-0.15, -0.1) is 10.2 Å². The molecule has 168 valence electrons. The van der Waals surface area contributed by atoms with E-state index >= 15 is 0 Å². The van der Waals surface area contributed by atoms with Crippen molar-refractivity contribution in [3.05, 3.63) is 101 Å². The molecule has 0 aliphatic heterocycles. The van der Waals surface area contributed by atoms with Crippen LogP contribution in [0.3, 0.4) is 0 Å². The van der Waals surface area contributed by atoms with Crippen LogP contribution in [0.4, 0.5) is 0 Å². The second-order valence-corrected chi connectivity index (χ2v) is 8.28. The van der Waals surface area contributed by atoms with Crippen molar-refractivity contribution in [2.45, 2.75) is 0 Å². The van der Waals surface area contributed by atoms with Crippen molar-refractivity contribution in [3.8, 4) is 11.3 Å². The Bertz CT molecular complexity index is 1730. The Labute approximate surface area is 194 Å². The van der Waals surface area contributed by atoms with E-state index in [4.69, 9.17) is 27.5 Å². The first-order valence-electron chi connectivity index (χ1n) is 10.1. The van der Waals surface area contributed by atoms with E-state index in [1.807, 2.05) is 78.9 Å². The topological polar surface area (TPSA) is 134 Å². The van der Waals surface area contributed by atoms with E-state index in [1.54, 1.807) is 0 Å². The van der Waals surface area contributed by atoms with Gasteiger partial charge in [-0.05, 0) is 45.8 Å². The summed E-state index contributed by atoms with van der Waals surface area (Å²) in [5.41, 5.74) is 1.32. The molecule has 34 heavy (non-hydrogen) atoms. The van der Waals surface area contributed by atoms with Crippen LogP contribution in [0.25, 0.3) is 54.8 Å². The van der Waals surface area contributed by atoms with Gasteiger partial charge in [0.15, 0.2) is 5.56 Å². The van der Waals surface area contributed by atoms with Crippen LogP contribution in [0.1, 0.15) is 0 Å². The minimum Gasteiger partial charge on any atom is -0.422 e. The largest absolute Gasteiger partial charge is 0.422 e. The standard InChI is InChI=1S/C26H15O3.ClHO4/c27-26-22(15-21-19-8-4-2-6-17(19)10-13-24(21)29-26)25-14-11-20-18-7-3-1-5-16(18)9-12-23(20)28-25;2-1(3,4)5/h1-15H;(H,2,3,4,5)/q+1;/p-1. The molecule has 0 atom stereocenters. The number of halogens is 1. The molecule has 2 aromatic heterocycles. The molecule has 0 fully saturated rings. The van der Waals surface area contributed by atoms with Crippen LogP contribution < -0.4 is 24.3 Å². The van der Waals surface area contributed by atoms with E-state index in [-0.39, 0.29) is 0 Å². The van der Waals surface area contributed by atoms with Crippen LogP contribution in [0.2, 0.25) is 0 Å². The van der Waals surface area contributed by atoms with E-state index in [0.717, 1.165) is 37.9 Å². The second-order valence-electron chi connectivity index (χ2n) is 7.52. The molecular weight excluding hydrogens is 460 g/mol. The minimum atomic E-state index is -4.94. The van der Waals surface area contributed by atoms with Gasteiger partial charge in [0.1, 0.15) is 5.58 Å². The zero-order chi connectivity index (χ0) is 23.9. The van der Waals surface area contributed by atoms with E-state index in [9.17, 15) is 4.79 Å². The lowest BCUT2D eigenvalue weighted by molar-refractivity contribution is -2.00. The number of hydrogen-bond donors (Lipinski definition) is 0. The van der Waals surface area contributed by atoms with Gasteiger partial charge in [0.05, 0.1) is 5.39 Å². The first-order chi connectivity index (χ1) is 16.3. The van der Waals surface area contributed by atoms with Gasteiger partial charge in [0.2, 0.25) is 0 Å². The molecule has 0 bridgehead atoms. The average Bonchev–Trinajstić information content (AvgIpc) is 2.82. The fourth-order valence-electron chi connectivity index (χ4n) is 4.04. The van der Waals surface area contributed by atoms with Gasteiger partial charge < -0.3 is 4.42 Å². The lowest BCUT2D eigenvalue weighted by Gasteiger charge is -2.17. The highest BCUT2D eigenvalue weighted by molar-refractivity contribution is 6.07. The monoisotopic (exact) mass is 474 g/mol. The summed E-state index contributed by atoms with van der Waals surface area (Å²) in [5.74, 6) is 0.497. The lowest BCUT2D eigenvalue weighted by Crippen LogP contribution is -2.68. The third-order valence-electron chi connectivity index (χ3n) is 5.46. The maximum absolute atomic E-state index is 12.7. The number of hydrogen-bond acceptors (Lipinski definition) is 6. The van der Waals surface area contributed by atoms with Crippen molar-refractivity contribution in [1.29, 1.82) is 0 Å². The van der Waals surface area contributed by atoms with Crippen LogP contribution in [0.15, 0.2) is 105 Å². The highest BCUT2D eigenvalue weighted by Crippen LogP contribution is 2.31. The molecule has 6 aromatic rings. The van der Waals surface area contributed by atoms with E-state index in [1.165, 1.54) is 0 Å². The SMILES string of the molecule is O=c1oc2ccc3ccccc3c2cc1-c1ccc2c(ccc3ccccc32)[o+]1.[O-][Cl+3]([O-])([O-])[O-]. The molecule has 4 aromatic carbocycles. The summed E-state index contributed by atoms with van der Waals surface area (Å²) in [6.45, 7) is 0. The van der Waals surface area contributed by atoms with Gasteiger partial charge in [0.25, 0.3) is 0 Å². The summed E-state index contributed by atoms with van der Waals surface area (Å²) in [5, 5.41) is 6.33. The van der Waals surface area contributed by atoms with Crippen molar-refractivity contribution in [2.24, 2.45) is 0 Å². The highest BCUT2D eigenvalue weighted by atomic mass is 35.7. The molecule has 0 saturated heterocycles.